The van der Waals surface area contributed by atoms with Crippen LogP contribution in [0.4, 0.5) is 10.1 Å². The zero-order valence-corrected chi connectivity index (χ0v) is 23.2. The van der Waals surface area contributed by atoms with Crippen molar-refractivity contribution in [3.8, 4) is 5.75 Å². The predicted molar refractivity (Wildman–Crippen MR) is 148 cm³/mol. The van der Waals surface area contributed by atoms with Crippen LogP contribution in [0.2, 0.25) is 0 Å². The van der Waals surface area contributed by atoms with Crippen molar-refractivity contribution >= 4 is 27.5 Å². The van der Waals surface area contributed by atoms with Gasteiger partial charge in [-0.05, 0) is 62.2 Å². The lowest BCUT2D eigenvalue weighted by Gasteiger charge is -2.33. The molecule has 208 valence electrons. The number of hydrogen-bond donors (Lipinski definition) is 1. The zero-order valence-electron chi connectivity index (χ0n) is 22.3. The molecular formula is C29H34FN3O5S. The maximum Gasteiger partial charge on any atom is 0.264 e. The van der Waals surface area contributed by atoms with Crippen LogP contribution in [0.1, 0.15) is 32.8 Å². The van der Waals surface area contributed by atoms with Crippen LogP contribution >= 0.6 is 0 Å². The highest BCUT2D eigenvalue weighted by atomic mass is 32.2. The number of rotatable bonds is 13. The summed E-state index contributed by atoms with van der Waals surface area (Å²) in [6, 6.07) is 19.1. The van der Waals surface area contributed by atoms with Gasteiger partial charge >= 0.3 is 0 Å². The molecule has 0 aliphatic heterocycles. The molecule has 0 radical (unpaired) electrons. The molecule has 1 N–H and O–H groups in total. The largest absolute Gasteiger partial charge is 0.492 e. The Bertz CT molecular complexity index is 1350. The van der Waals surface area contributed by atoms with Crippen LogP contribution in [-0.4, -0.2) is 50.9 Å². The Morgan fingerprint density at radius 2 is 1.56 bits per heavy atom. The van der Waals surface area contributed by atoms with Gasteiger partial charge in [0.15, 0.2) is 0 Å². The second-order valence-corrected chi connectivity index (χ2v) is 10.6. The number of benzene rings is 3. The second-order valence-electron chi connectivity index (χ2n) is 8.69. The first-order valence-corrected chi connectivity index (χ1v) is 14.3. The summed E-state index contributed by atoms with van der Waals surface area (Å²) in [5.74, 6) is -1.08. The molecule has 1 atom stereocenters. The van der Waals surface area contributed by atoms with Crippen molar-refractivity contribution < 1.29 is 27.1 Å². The van der Waals surface area contributed by atoms with Crippen molar-refractivity contribution in [3.05, 3.63) is 90.2 Å². The third kappa shape index (κ3) is 7.35. The van der Waals surface area contributed by atoms with Gasteiger partial charge < -0.3 is 15.0 Å². The third-order valence-electron chi connectivity index (χ3n) is 6.05. The fraction of sp³-hybridized carbons (Fsp3) is 0.310. The van der Waals surface area contributed by atoms with E-state index in [9.17, 15) is 22.4 Å². The van der Waals surface area contributed by atoms with Crippen LogP contribution in [0.5, 0.6) is 5.75 Å². The molecule has 0 aliphatic carbocycles. The number of hydrogen-bond acceptors (Lipinski definition) is 5. The summed E-state index contributed by atoms with van der Waals surface area (Å²) in [6.07, 6.45) is 0.291. The SMILES string of the molecule is CCNC(=O)[C@H](CC)N(Cc1ccc(F)cc1)C(=O)CN(c1ccccc1OCC)S(=O)(=O)c1ccccc1. The highest BCUT2D eigenvalue weighted by Crippen LogP contribution is 2.33. The molecule has 2 amide bonds. The minimum Gasteiger partial charge on any atom is -0.492 e. The summed E-state index contributed by atoms with van der Waals surface area (Å²) in [4.78, 5) is 28.3. The van der Waals surface area contributed by atoms with E-state index in [1.807, 2.05) is 0 Å². The van der Waals surface area contributed by atoms with Crippen LogP contribution in [0.3, 0.4) is 0 Å². The van der Waals surface area contributed by atoms with Crippen LogP contribution in [-0.2, 0) is 26.2 Å². The molecule has 0 unspecified atom stereocenters. The van der Waals surface area contributed by atoms with Gasteiger partial charge in [0.1, 0.15) is 24.2 Å². The number of halogens is 1. The van der Waals surface area contributed by atoms with Gasteiger partial charge in [0.2, 0.25) is 11.8 Å². The van der Waals surface area contributed by atoms with Crippen LogP contribution in [0.25, 0.3) is 0 Å². The van der Waals surface area contributed by atoms with Gasteiger partial charge in [0, 0.05) is 13.1 Å². The van der Waals surface area contributed by atoms with E-state index in [-0.39, 0.29) is 29.6 Å². The Labute approximate surface area is 229 Å². The number of ether oxygens (including phenoxy) is 1. The Hall–Kier alpha value is -3.92. The molecule has 8 nitrogen and oxygen atoms in total. The summed E-state index contributed by atoms with van der Waals surface area (Å²) in [6.45, 7) is 5.38. The lowest BCUT2D eigenvalue weighted by atomic mass is 10.1. The molecule has 3 rings (SSSR count). The lowest BCUT2D eigenvalue weighted by molar-refractivity contribution is -0.140. The molecule has 3 aromatic carbocycles. The molecule has 0 bridgehead atoms. The number of nitrogens with one attached hydrogen (secondary N) is 1. The number of sulfonamides is 1. The molecule has 0 spiro atoms. The Morgan fingerprint density at radius 1 is 0.923 bits per heavy atom. The minimum absolute atomic E-state index is 0.00459. The first-order valence-electron chi connectivity index (χ1n) is 12.8. The summed E-state index contributed by atoms with van der Waals surface area (Å²) in [5.41, 5.74) is 0.795. The second kappa shape index (κ2) is 13.7. The van der Waals surface area contributed by atoms with Crippen LogP contribution in [0, 0.1) is 5.82 Å². The first kappa shape index (κ1) is 29.6. The van der Waals surface area contributed by atoms with E-state index < -0.39 is 34.3 Å². The van der Waals surface area contributed by atoms with E-state index in [1.165, 1.54) is 41.3 Å². The van der Waals surface area contributed by atoms with Crippen molar-refractivity contribution in [2.24, 2.45) is 0 Å². The monoisotopic (exact) mass is 555 g/mol. The molecule has 0 aliphatic rings. The van der Waals surface area contributed by atoms with Crippen molar-refractivity contribution in [1.29, 1.82) is 0 Å². The van der Waals surface area contributed by atoms with Gasteiger partial charge in [-0.3, -0.25) is 13.9 Å². The Balaban J connectivity index is 2.09. The van der Waals surface area contributed by atoms with E-state index in [4.69, 9.17) is 4.74 Å². The molecule has 0 saturated heterocycles. The smallest absolute Gasteiger partial charge is 0.264 e. The van der Waals surface area contributed by atoms with Gasteiger partial charge in [-0.1, -0.05) is 49.4 Å². The average Bonchev–Trinajstić information content (AvgIpc) is 2.94. The number of para-hydroxylation sites is 2. The van der Waals surface area contributed by atoms with Crippen molar-refractivity contribution in [3.63, 3.8) is 0 Å². The van der Waals surface area contributed by atoms with Gasteiger partial charge in [-0.15, -0.1) is 0 Å². The molecule has 0 heterocycles. The third-order valence-corrected chi connectivity index (χ3v) is 7.82. The quantitative estimate of drug-likeness (QED) is 0.338. The van der Waals surface area contributed by atoms with Crippen molar-refractivity contribution in [1.82, 2.24) is 10.2 Å². The Morgan fingerprint density at radius 3 is 2.18 bits per heavy atom. The summed E-state index contributed by atoms with van der Waals surface area (Å²) < 4.78 is 48.1. The topological polar surface area (TPSA) is 96.0 Å². The van der Waals surface area contributed by atoms with Crippen molar-refractivity contribution in [2.45, 2.75) is 44.7 Å². The van der Waals surface area contributed by atoms with Crippen LogP contribution < -0.4 is 14.4 Å². The zero-order chi connectivity index (χ0) is 28.4. The van der Waals surface area contributed by atoms with E-state index in [0.717, 1.165) is 4.31 Å². The van der Waals surface area contributed by atoms with Crippen molar-refractivity contribution in [2.75, 3.05) is 24.0 Å². The van der Waals surface area contributed by atoms with E-state index >= 15 is 0 Å². The van der Waals surface area contributed by atoms with Gasteiger partial charge in [0.25, 0.3) is 10.0 Å². The molecule has 10 heteroatoms. The molecule has 0 saturated carbocycles. The molecule has 39 heavy (non-hydrogen) atoms. The summed E-state index contributed by atoms with van der Waals surface area (Å²) >= 11 is 0. The standard InChI is InChI=1S/C29H34FN3O5S/c1-4-25(29(35)31-5-2)32(20-22-16-18-23(30)19-17-22)28(34)21-33(26-14-10-11-15-27(26)38-6-3)39(36,37)24-12-8-7-9-13-24/h7-19,25H,4-6,20-21H2,1-3H3,(H,31,35)/t25-/m0/s1. The Kier molecular flexibility index (Phi) is 10.4. The van der Waals surface area contributed by atoms with Gasteiger partial charge in [-0.25, -0.2) is 12.8 Å². The normalized spacial score (nSPS) is 11.9. The number of likely N-dealkylation sites (N-methyl/N-ethyl adjacent to an activating group) is 1. The number of carbonyl (C=O) groups excluding carboxylic acids is 2. The van der Waals surface area contributed by atoms with E-state index in [2.05, 4.69) is 5.32 Å². The van der Waals surface area contributed by atoms with Gasteiger partial charge in [0.05, 0.1) is 17.2 Å². The number of carbonyl (C=O) groups is 2. The maximum atomic E-state index is 14.0. The first-order chi connectivity index (χ1) is 18.7. The molecule has 0 fully saturated rings. The maximum absolute atomic E-state index is 14.0. The highest BCUT2D eigenvalue weighted by molar-refractivity contribution is 7.92. The fourth-order valence-electron chi connectivity index (χ4n) is 4.17. The average molecular weight is 556 g/mol. The number of anilines is 1. The predicted octanol–water partition coefficient (Wildman–Crippen LogP) is 4.36. The van der Waals surface area contributed by atoms with Gasteiger partial charge in [-0.2, -0.15) is 0 Å². The van der Waals surface area contributed by atoms with Crippen LogP contribution in [0.15, 0.2) is 83.8 Å². The number of amides is 2. The molecule has 3 aromatic rings. The highest BCUT2D eigenvalue weighted by Gasteiger charge is 2.34. The summed E-state index contributed by atoms with van der Waals surface area (Å²) in [5, 5.41) is 2.75. The summed E-state index contributed by atoms with van der Waals surface area (Å²) in [7, 11) is -4.21. The molecular weight excluding hydrogens is 521 g/mol. The van der Waals surface area contributed by atoms with E-state index in [0.29, 0.717) is 24.3 Å². The lowest BCUT2D eigenvalue weighted by Crippen LogP contribution is -2.52. The van der Waals surface area contributed by atoms with E-state index in [1.54, 1.807) is 63.2 Å². The fourth-order valence-corrected chi connectivity index (χ4v) is 5.62. The number of nitrogens with zero attached hydrogens (tertiary/aromatic N) is 2. The minimum atomic E-state index is -4.21. The molecule has 0 aromatic heterocycles.